The van der Waals surface area contributed by atoms with Gasteiger partial charge in [0.15, 0.2) is 0 Å². The summed E-state index contributed by atoms with van der Waals surface area (Å²) in [7, 11) is 0. The second-order valence-corrected chi connectivity index (χ2v) is 6.90. The molecule has 0 radical (unpaired) electrons. The molecule has 0 aromatic carbocycles. The lowest BCUT2D eigenvalue weighted by atomic mass is 10.0. The van der Waals surface area contributed by atoms with Gasteiger partial charge in [0, 0.05) is 24.2 Å². The highest BCUT2D eigenvalue weighted by Gasteiger charge is 2.43. The van der Waals surface area contributed by atoms with Crippen molar-refractivity contribution in [2.45, 2.75) is 64.3 Å². The Morgan fingerprint density at radius 1 is 1.29 bits per heavy atom. The lowest BCUT2D eigenvalue weighted by molar-refractivity contribution is 0.0998. The van der Waals surface area contributed by atoms with E-state index in [1.807, 2.05) is 6.92 Å². The van der Waals surface area contributed by atoms with Gasteiger partial charge in [0.1, 0.15) is 11.6 Å². The Labute approximate surface area is 126 Å². The van der Waals surface area contributed by atoms with E-state index in [1.54, 1.807) is 0 Å². The molecule has 5 nitrogen and oxygen atoms in total. The smallest absolute Gasteiger partial charge is 0.138 e. The summed E-state index contributed by atoms with van der Waals surface area (Å²) in [6.45, 7) is 8.89. The predicted molar refractivity (Wildman–Crippen MR) is 81.6 cm³/mol. The monoisotopic (exact) mass is 288 g/mol. The third kappa shape index (κ3) is 2.14. The quantitative estimate of drug-likeness (QED) is 0.853. The van der Waals surface area contributed by atoms with E-state index in [2.05, 4.69) is 29.0 Å². The molecule has 3 atom stereocenters. The Hall–Kier alpha value is -1.20. The minimum atomic E-state index is 0.403. The molecule has 2 fully saturated rings. The fourth-order valence-electron chi connectivity index (χ4n) is 4.07. The van der Waals surface area contributed by atoms with Crippen molar-refractivity contribution in [2.75, 3.05) is 18.1 Å². The van der Waals surface area contributed by atoms with Crippen LogP contribution in [0.5, 0.6) is 0 Å². The second kappa shape index (κ2) is 4.92. The van der Waals surface area contributed by atoms with Crippen molar-refractivity contribution < 1.29 is 4.74 Å². The standard InChI is InChI=1S/C16H24N4O/c1-9(2)15-12-7-21-8-14-13-5-4-11(19-13)6-20(14)16(12)18-10(3)17-15/h9,11,13-14,19H,4-8H2,1-3H3/t11-,13?,14?/m0/s1. The van der Waals surface area contributed by atoms with Crippen LogP contribution in [-0.4, -0.2) is 41.2 Å². The molecule has 3 aliphatic heterocycles. The van der Waals surface area contributed by atoms with Gasteiger partial charge >= 0.3 is 0 Å². The lowest BCUT2D eigenvalue weighted by Crippen LogP contribution is -2.59. The summed E-state index contributed by atoms with van der Waals surface area (Å²) in [5.74, 6) is 2.41. The maximum Gasteiger partial charge on any atom is 0.138 e. The van der Waals surface area contributed by atoms with E-state index in [0.29, 0.717) is 30.7 Å². The van der Waals surface area contributed by atoms with E-state index in [-0.39, 0.29) is 0 Å². The third-order valence-electron chi connectivity index (χ3n) is 5.04. The van der Waals surface area contributed by atoms with Gasteiger partial charge in [0.25, 0.3) is 0 Å². The molecule has 0 spiro atoms. The first kappa shape index (κ1) is 13.5. The van der Waals surface area contributed by atoms with Crippen LogP contribution in [0.15, 0.2) is 0 Å². The van der Waals surface area contributed by atoms with Crippen molar-refractivity contribution >= 4 is 5.82 Å². The van der Waals surface area contributed by atoms with Crippen LogP contribution in [0, 0.1) is 6.92 Å². The predicted octanol–water partition coefficient (Wildman–Crippen LogP) is 1.75. The highest BCUT2D eigenvalue weighted by molar-refractivity contribution is 5.53. The molecule has 0 amide bonds. The van der Waals surface area contributed by atoms with E-state index in [9.17, 15) is 0 Å². The Morgan fingerprint density at radius 2 is 2.14 bits per heavy atom. The van der Waals surface area contributed by atoms with E-state index < -0.39 is 0 Å². The van der Waals surface area contributed by atoms with Crippen molar-refractivity contribution in [3.05, 3.63) is 17.1 Å². The number of aromatic nitrogens is 2. The summed E-state index contributed by atoms with van der Waals surface area (Å²) < 4.78 is 6.01. The number of rotatable bonds is 1. The van der Waals surface area contributed by atoms with Crippen molar-refractivity contribution in [1.29, 1.82) is 0 Å². The minimum absolute atomic E-state index is 0.403. The molecular weight excluding hydrogens is 264 g/mol. The number of hydrogen-bond acceptors (Lipinski definition) is 5. The zero-order valence-corrected chi connectivity index (χ0v) is 13.1. The molecule has 4 rings (SSSR count). The van der Waals surface area contributed by atoms with Gasteiger partial charge in [-0.1, -0.05) is 13.8 Å². The van der Waals surface area contributed by atoms with Gasteiger partial charge < -0.3 is 15.0 Å². The number of aryl methyl sites for hydroxylation is 1. The molecule has 21 heavy (non-hydrogen) atoms. The zero-order valence-electron chi connectivity index (χ0n) is 13.1. The van der Waals surface area contributed by atoms with Crippen LogP contribution in [0.2, 0.25) is 0 Å². The molecular formula is C16H24N4O. The van der Waals surface area contributed by atoms with Crippen molar-refractivity contribution in [2.24, 2.45) is 0 Å². The van der Waals surface area contributed by atoms with Gasteiger partial charge in [-0.25, -0.2) is 9.97 Å². The van der Waals surface area contributed by atoms with Gasteiger partial charge in [0.2, 0.25) is 0 Å². The number of piperazine rings is 1. The number of fused-ring (bicyclic) bond motifs is 6. The molecule has 1 aromatic rings. The van der Waals surface area contributed by atoms with Crippen LogP contribution in [0.1, 0.15) is 49.7 Å². The number of nitrogens with zero attached hydrogens (tertiary/aromatic N) is 3. The molecule has 114 valence electrons. The fraction of sp³-hybridized carbons (Fsp3) is 0.750. The fourth-order valence-corrected chi connectivity index (χ4v) is 4.07. The minimum Gasteiger partial charge on any atom is -0.374 e. The van der Waals surface area contributed by atoms with Crippen LogP contribution in [0.25, 0.3) is 0 Å². The van der Waals surface area contributed by atoms with Gasteiger partial charge in [-0.2, -0.15) is 0 Å². The lowest BCUT2D eigenvalue weighted by Gasteiger charge is -2.40. The molecule has 2 bridgehead atoms. The third-order valence-corrected chi connectivity index (χ3v) is 5.04. The normalized spacial score (nSPS) is 31.0. The van der Waals surface area contributed by atoms with E-state index in [4.69, 9.17) is 9.72 Å². The average Bonchev–Trinajstić information content (AvgIpc) is 2.74. The molecule has 1 N–H and O–H groups in total. The van der Waals surface area contributed by atoms with Crippen molar-refractivity contribution in [3.8, 4) is 0 Å². The van der Waals surface area contributed by atoms with E-state index in [1.165, 1.54) is 18.4 Å². The van der Waals surface area contributed by atoms with Gasteiger partial charge in [0.05, 0.1) is 24.9 Å². The van der Waals surface area contributed by atoms with Crippen LogP contribution in [0.3, 0.4) is 0 Å². The summed E-state index contributed by atoms with van der Waals surface area (Å²) in [6, 6.07) is 1.57. The zero-order chi connectivity index (χ0) is 14.6. The van der Waals surface area contributed by atoms with Gasteiger partial charge in [-0.3, -0.25) is 0 Å². The second-order valence-electron chi connectivity index (χ2n) is 6.90. The number of hydrogen-bond donors (Lipinski definition) is 1. The summed E-state index contributed by atoms with van der Waals surface area (Å²) in [6.07, 6.45) is 2.53. The maximum absolute atomic E-state index is 6.01. The Kier molecular flexibility index (Phi) is 3.15. The van der Waals surface area contributed by atoms with Crippen molar-refractivity contribution in [1.82, 2.24) is 15.3 Å². The average molecular weight is 288 g/mol. The first-order valence-electron chi connectivity index (χ1n) is 8.11. The molecule has 4 heterocycles. The summed E-state index contributed by atoms with van der Waals surface area (Å²) in [5.41, 5.74) is 2.36. The summed E-state index contributed by atoms with van der Waals surface area (Å²) >= 11 is 0. The topological polar surface area (TPSA) is 50.3 Å². The summed E-state index contributed by atoms with van der Waals surface area (Å²) in [5, 5.41) is 3.74. The van der Waals surface area contributed by atoms with Gasteiger partial charge in [-0.15, -0.1) is 0 Å². The first-order valence-corrected chi connectivity index (χ1v) is 8.11. The van der Waals surface area contributed by atoms with Crippen molar-refractivity contribution in [3.63, 3.8) is 0 Å². The molecule has 0 saturated carbocycles. The van der Waals surface area contributed by atoms with E-state index >= 15 is 0 Å². The number of nitrogens with one attached hydrogen (secondary N) is 1. The molecule has 3 aliphatic rings. The van der Waals surface area contributed by atoms with Crippen LogP contribution < -0.4 is 10.2 Å². The molecule has 2 unspecified atom stereocenters. The highest BCUT2D eigenvalue weighted by atomic mass is 16.5. The maximum atomic E-state index is 6.01. The van der Waals surface area contributed by atoms with E-state index in [0.717, 1.165) is 30.5 Å². The van der Waals surface area contributed by atoms with Crippen LogP contribution in [-0.2, 0) is 11.3 Å². The number of anilines is 1. The van der Waals surface area contributed by atoms with Crippen LogP contribution >= 0.6 is 0 Å². The summed E-state index contributed by atoms with van der Waals surface area (Å²) in [4.78, 5) is 12.0. The van der Waals surface area contributed by atoms with Crippen LogP contribution in [0.4, 0.5) is 5.82 Å². The molecule has 1 aromatic heterocycles. The first-order chi connectivity index (χ1) is 10.1. The number of ether oxygens (including phenoxy) is 1. The molecule has 0 aliphatic carbocycles. The Balaban J connectivity index is 1.82. The van der Waals surface area contributed by atoms with Gasteiger partial charge in [-0.05, 0) is 25.7 Å². The Morgan fingerprint density at radius 3 is 2.95 bits per heavy atom. The molecule has 2 saturated heterocycles. The SMILES string of the molecule is Cc1nc(C(C)C)c2c(n1)N1C[C@@H]3CCC(N3)C1COC2. The largest absolute Gasteiger partial charge is 0.374 e. The molecule has 5 heteroatoms. The Bertz CT molecular complexity index is 559. The highest BCUT2D eigenvalue weighted by Crippen LogP contribution is 2.35.